The number of aliphatic carboxylic acids is 1. The Bertz CT molecular complexity index is 472. The number of carbonyl (C=O) groups is 1. The number of aliphatic hydroxyl groups is 2. The quantitative estimate of drug-likeness (QED) is 0.309. The zero-order chi connectivity index (χ0) is 18.2. The molecule has 0 bridgehead atoms. The maximum Gasteiger partial charge on any atom is 0.303 e. The van der Waals surface area contributed by atoms with Gasteiger partial charge in [0.15, 0.2) is 0 Å². The van der Waals surface area contributed by atoms with E-state index in [4.69, 9.17) is 16.7 Å². The van der Waals surface area contributed by atoms with Gasteiger partial charge in [0.05, 0.1) is 12.2 Å². The molecule has 5 heteroatoms. The highest BCUT2D eigenvalue weighted by Gasteiger charge is 2.39. The number of alkyl halides is 1. The lowest BCUT2D eigenvalue weighted by atomic mass is 9.80. The van der Waals surface area contributed by atoms with Crippen LogP contribution in [0.25, 0.3) is 0 Å². The topological polar surface area (TPSA) is 77.8 Å². The van der Waals surface area contributed by atoms with Crippen LogP contribution in [-0.4, -0.2) is 38.9 Å². The van der Waals surface area contributed by atoms with E-state index < -0.39 is 12.1 Å². The fourth-order valence-electron chi connectivity index (χ4n) is 3.80. The predicted octanol–water partition coefficient (Wildman–Crippen LogP) is 3.90. The summed E-state index contributed by atoms with van der Waals surface area (Å²) in [6.45, 7) is 0. The zero-order valence-corrected chi connectivity index (χ0v) is 15.5. The Morgan fingerprint density at radius 3 is 2.64 bits per heavy atom. The molecule has 2 aliphatic rings. The van der Waals surface area contributed by atoms with Crippen LogP contribution in [0.3, 0.4) is 0 Å². The Kier molecular flexibility index (Phi) is 8.47. The summed E-state index contributed by atoms with van der Waals surface area (Å²) in [6.07, 6.45) is 14.5. The van der Waals surface area contributed by atoms with E-state index in [0.717, 1.165) is 25.7 Å². The number of rotatable bonds is 10. The van der Waals surface area contributed by atoms with E-state index in [1.807, 2.05) is 18.2 Å². The first-order chi connectivity index (χ1) is 12.0. The highest BCUT2D eigenvalue weighted by atomic mass is 35.5. The summed E-state index contributed by atoms with van der Waals surface area (Å²) >= 11 is 6.42. The maximum atomic E-state index is 10.5. The molecule has 3 N–H and O–H groups in total. The van der Waals surface area contributed by atoms with Crippen molar-refractivity contribution in [1.82, 2.24) is 0 Å². The second kappa shape index (κ2) is 10.3. The number of carboxylic acid groups (broad SMARTS) is 1. The Morgan fingerprint density at radius 2 is 2.00 bits per heavy atom. The van der Waals surface area contributed by atoms with Gasteiger partial charge in [0.2, 0.25) is 0 Å². The smallest absolute Gasteiger partial charge is 0.303 e. The Labute approximate surface area is 155 Å². The highest BCUT2D eigenvalue weighted by molar-refractivity contribution is 6.21. The summed E-state index contributed by atoms with van der Waals surface area (Å²) in [6, 6.07) is 0. The molecule has 0 aromatic rings. The number of carboxylic acids is 1. The van der Waals surface area contributed by atoms with Crippen molar-refractivity contribution < 1.29 is 20.1 Å². The molecule has 0 spiro atoms. The van der Waals surface area contributed by atoms with Crippen LogP contribution in [0.15, 0.2) is 24.3 Å². The molecule has 0 heterocycles. The minimum absolute atomic E-state index is 0.0276. The monoisotopic (exact) mass is 370 g/mol. The fraction of sp³-hybridized carbons (Fsp3) is 0.750. The lowest BCUT2D eigenvalue weighted by molar-refractivity contribution is -0.137. The van der Waals surface area contributed by atoms with Crippen LogP contribution in [0.4, 0.5) is 0 Å². The van der Waals surface area contributed by atoms with Crippen molar-refractivity contribution in [3.8, 4) is 0 Å². The third-order valence-electron chi connectivity index (χ3n) is 5.64. The molecule has 0 aliphatic heterocycles. The number of hydrogen-bond acceptors (Lipinski definition) is 3. The molecule has 2 unspecified atom stereocenters. The van der Waals surface area contributed by atoms with E-state index in [-0.39, 0.29) is 29.7 Å². The molecule has 0 radical (unpaired) electrons. The first-order valence-corrected chi connectivity index (χ1v) is 9.96. The van der Waals surface area contributed by atoms with Gasteiger partial charge in [-0.1, -0.05) is 30.7 Å². The third kappa shape index (κ3) is 6.43. The molecule has 0 saturated heterocycles. The van der Waals surface area contributed by atoms with Crippen molar-refractivity contribution in [3.63, 3.8) is 0 Å². The van der Waals surface area contributed by atoms with Gasteiger partial charge in [0.25, 0.3) is 0 Å². The number of hydrogen-bond donors (Lipinski definition) is 3. The molecule has 2 fully saturated rings. The molecule has 0 aromatic heterocycles. The Hall–Kier alpha value is -0.840. The molecule has 2 aliphatic carbocycles. The molecule has 0 aromatic carbocycles. The van der Waals surface area contributed by atoms with Gasteiger partial charge in [-0.15, -0.1) is 11.6 Å². The minimum Gasteiger partial charge on any atom is -0.481 e. The van der Waals surface area contributed by atoms with Crippen molar-refractivity contribution in [2.24, 2.45) is 17.8 Å². The van der Waals surface area contributed by atoms with Crippen LogP contribution >= 0.6 is 11.6 Å². The summed E-state index contributed by atoms with van der Waals surface area (Å²) in [5.74, 6) is -0.102. The molecule has 0 amide bonds. The second-order valence-electron chi connectivity index (χ2n) is 7.48. The number of unbranched alkanes of at least 4 members (excludes halogenated alkanes) is 1. The SMILES string of the molecule is O=C(O)CCC/C=C\C[C@H]1[C@@H](Cl)CC(O)[C@@H]1C=CCC(O)C1CCC1. The predicted molar refractivity (Wildman–Crippen MR) is 99.6 cm³/mol. The average molecular weight is 371 g/mol. The lowest BCUT2D eigenvalue weighted by Gasteiger charge is -2.29. The molecule has 2 rings (SSSR count). The van der Waals surface area contributed by atoms with Crippen LogP contribution in [0, 0.1) is 17.8 Å². The third-order valence-corrected chi connectivity index (χ3v) is 6.14. The van der Waals surface area contributed by atoms with Gasteiger partial charge in [-0.3, -0.25) is 4.79 Å². The van der Waals surface area contributed by atoms with E-state index in [1.54, 1.807) is 0 Å². The highest BCUT2D eigenvalue weighted by Crippen LogP contribution is 2.39. The van der Waals surface area contributed by atoms with Crippen LogP contribution in [0.2, 0.25) is 0 Å². The van der Waals surface area contributed by atoms with Gasteiger partial charge in [-0.05, 0) is 56.8 Å². The van der Waals surface area contributed by atoms with Gasteiger partial charge >= 0.3 is 5.97 Å². The van der Waals surface area contributed by atoms with Gasteiger partial charge in [-0.2, -0.15) is 0 Å². The largest absolute Gasteiger partial charge is 0.481 e. The van der Waals surface area contributed by atoms with E-state index >= 15 is 0 Å². The number of allylic oxidation sites excluding steroid dienone is 2. The van der Waals surface area contributed by atoms with Crippen molar-refractivity contribution in [2.45, 2.75) is 75.4 Å². The van der Waals surface area contributed by atoms with Gasteiger partial charge in [0.1, 0.15) is 0 Å². The van der Waals surface area contributed by atoms with Crippen molar-refractivity contribution >= 4 is 17.6 Å². The second-order valence-corrected chi connectivity index (χ2v) is 8.04. The van der Waals surface area contributed by atoms with Crippen molar-refractivity contribution in [2.75, 3.05) is 0 Å². The molecular formula is C20H31ClO4. The van der Waals surface area contributed by atoms with Crippen LogP contribution in [-0.2, 0) is 4.79 Å². The summed E-state index contributed by atoms with van der Waals surface area (Å²) in [4.78, 5) is 10.5. The Balaban J connectivity index is 1.78. The van der Waals surface area contributed by atoms with E-state index in [1.165, 1.54) is 6.42 Å². The van der Waals surface area contributed by atoms with Gasteiger partial charge in [-0.25, -0.2) is 0 Å². The number of halogens is 1. The van der Waals surface area contributed by atoms with E-state index in [2.05, 4.69) is 6.08 Å². The van der Waals surface area contributed by atoms with Crippen molar-refractivity contribution in [3.05, 3.63) is 24.3 Å². The summed E-state index contributed by atoms with van der Waals surface area (Å²) in [5, 5.41) is 28.9. The summed E-state index contributed by atoms with van der Waals surface area (Å²) in [7, 11) is 0. The maximum absolute atomic E-state index is 10.5. The van der Waals surface area contributed by atoms with Gasteiger partial charge < -0.3 is 15.3 Å². The fourth-order valence-corrected chi connectivity index (χ4v) is 4.25. The molecule has 142 valence electrons. The van der Waals surface area contributed by atoms with E-state index in [9.17, 15) is 15.0 Å². The molecule has 4 nitrogen and oxygen atoms in total. The zero-order valence-electron chi connectivity index (χ0n) is 14.8. The molecular weight excluding hydrogens is 340 g/mol. The first-order valence-electron chi connectivity index (χ1n) is 9.52. The van der Waals surface area contributed by atoms with Crippen LogP contribution < -0.4 is 0 Å². The summed E-state index contributed by atoms with van der Waals surface area (Å²) < 4.78 is 0. The average Bonchev–Trinajstić information content (AvgIpc) is 2.75. The first kappa shape index (κ1) is 20.5. The van der Waals surface area contributed by atoms with E-state index in [0.29, 0.717) is 25.2 Å². The molecule has 2 saturated carbocycles. The standard InChI is InChI=1S/C20H31ClO4/c21-17-13-19(23)16(10-6-11-18(22)14-7-5-8-14)15(17)9-3-1-2-4-12-20(24)25/h1,3,6,10,14-19,22-23H,2,4-5,7-9,11-13H2,(H,24,25)/b3-1-,10-6?/t15-,16-,17+,18?,19?/m1/s1. The summed E-state index contributed by atoms with van der Waals surface area (Å²) in [5.41, 5.74) is 0. The molecule has 5 atom stereocenters. The van der Waals surface area contributed by atoms with Crippen LogP contribution in [0.5, 0.6) is 0 Å². The molecule has 25 heavy (non-hydrogen) atoms. The van der Waals surface area contributed by atoms with Crippen molar-refractivity contribution in [1.29, 1.82) is 0 Å². The van der Waals surface area contributed by atoms with Gasteiger partial charge in [0, 0.05) is 17.7 Å². The minimum atomic E-state index is -0.762. The Morgan fingerprint density at radius 1 is 1.24 bits per heavy atom. The van der Waals surface area contributed by atoms with Crippen LogP contribution in [0.1, 0.15) is 57.8 Å². The number of aliphatic hydroxyl groups excluding tert-OH is 2. The normalized spacial score (nSPS) is 31.6. The lowest BCUT2D eigenvalue weighted by Crippen LogP contribution is -2.26.